The van der Waals surface area contributed by atoms with Crippen LogP contribution in [0.5, 0.6) is 0 Å². The first kappa shape index (κ1) is 27.3. The first-order chi connectivity index (χ1) is 15.9. The van der Waals surface area contributed by atoms with E-state index in [-0.39, 0.29) is 24.4 Å². The van der Waals surface area contributed by atoms with Crippen molar-refractivity contribution in [3.05, 3.63) is 29.8 Å². The Morgan fingerprint density at radius 2 is 1.58 bits per heavy atom. The van der Waals surface area contributed by atoms with Gasteiger partial charge in [0.05, 0.1) is 17.9 Å². The molecule has 0 saturated carbocycles. The van der Waals surface area contributed by atoms with E-state index in [4.69, 9.17) is 4.74 Å². The van der Waals surface area contributed by atoms with Gasteiger partial charge in [-0.25, -0.2) is 8.42 Å². The maximum absolute atomic E-state index is 13.1. The third-order valence-electron chi connectivity index (χ3n) is 6.03. The molecule has 33 heavy (non-hydrogen) atoms. The Bertz CT molecular complexity index is 839. The van der Waals surface area contributed by atoms with E-state index in [1.165, 1.54) is 57.1 Å². The van der Waals surface area contributed by atoms with Crippen LogP contribution in [-0.4, -0.2) is 50.3 Å². The standard InChI is InChI=1S/C25H40N2O5S/c1-3-4-5-6-7-8-9-10-11-12-19-32-24(28)20-23-25(29)26-17-18-27(23)33(30,31)22-15-13-21(2)14-16-22/h13-16,23H,3-12,17-20H2,1-2H3,(H,26,29). The molecule has 2 rings (SSSR count). The minimum Gasteiger partial charge on any atom is -0.466 e. The van der Waals surface area contributed by atoms with Crippen LogP contribution in [-0.2, 0) is 24.3 Å². The normalized spacial score (nSPS) is 17.0. The highest BCUT2D eigenvalue weighted by atomic mass is 32.2. The fourth-order valence-corrected chi connectivity index (χ4v) is 5.60. The van der Waals surface area contributed by atoms with Crippen molar-refractivity contribution in [3.8, 4) is 0 Å². The van der Waals surface area contributed by atoms with Gasteiger partial charge in [0, 0.05) is 13.1 Å². The van der Waals surface area contributed by atoms with Crippen molar-refractivity contribution in [1.29, 1.82) is 0 Å². The fraction of sp³-hybridized carbons (Fsp3) is 0.680. The molecule has 1 unspecified atom stereocenters. The van der Waals surface area contributed by atoms with E-state index in [2.05, 4.69) is 12.2 Å². The minimum absolute atomic E-state index is 0.117. The van der Waals surface area contributed by atoms with E-state index in [9.17, 15) is 18.0 Å². The van der Waals surface area contributed by atoms with Gasteiger partial charge in [-0.1, -0.05) is 82.4 Å². The Kier molecular flexibility index (Phi) is 11.9. The third kappa shape index (κ3) is 9.08. The van der Waals surface area contributed by atoms with Gasteiger partial charge in [-0.2, -0.15) is 4.31 Å². The van der Waals surface area contributed by atoms with Gasteiger partial charge >= 0.3 is 5.97 Å². The molecule has 1 atom stereocenters. The lowest BCUT2D eigenvalue weighted by atomic mass is 10.1. The van der Waals surface area contributed by atoms with E-state index < -0.39 is 27.9 Å². The summed E-state index contributed by atoms with van der Waals surface area (Å²) in [6, 6.07) is 5.39. The number of rotatable bonds is 15. The summed E-state index contributed by atoms with van der Waals surface area (Å²) in [6.45, 7) is 4.74. The number of nitrogens with zero attached hydrogens (tertiary/aromatic N) is 1. The topological polar surface area (TPSA) is 92.8 Å². The molecule has 1 aliphatic rings. The molecule has 1 saturated heterocycles. The molecule has 1 amide bonds. The molecule has 0 radical (unpaired) electrons. The molecule has 8 heteroatoms. The van der Waals surface area contributed by atoms with Crippen LogP contribution in [0.2, 0.25) is 0 Å². The monoisotopic (exact) mass is 480 g/mol. The van der Waals surface area contributed by atoms with Crippen LogP contribution in [0, 0.1) is 6.92 Å². The van der Waals surface area contributed by atoms with Crippen molar-refractivity contribution < 1.29 is 22.7 Å². The number of ether oxygens (including phenoxy) is 1. The number of amides is 1. The fourth-order valence-electron chi connectivity index (χ4n) is 4.01. The zero-order chi connectivity index (χ0) is 24.1. The summed E-state index contributed by atoms with van der Waals surface area (Å²) in [6.07, 6.45) is 11.6. The lowest BCUT2D eigenvalue weighted by Gasteiger charge is -2.33. The summed E-state index contributed by atoms with van der Waals surface area (Å²) in [5.74, 6) is -1.01. The number of unbranched alkanes of at least 4 members (excludes halogenated alkanes) is 9. The molecule has 7 nitrogen and oxygen atoms in total. The number of hydrogen-bond acceptors (Lipinski definition) is 5. The Labute approximate surface area is 199 Å². The summed E-state index contributed by atoms with van der Waals surface area (Å²) < 4.78 is 32.6. The van der Waals surface area contributed by atoms with Crippen LogP contribution in [0.15, 0.2) is 29.2 Å². The lowest BCUT2D eigenvalue weighted by molar-refractivity contribution is -0.147. The molecular formula is C25H40N2O5S. The first-order valence-corrected chi connectivity index (χ1v) is 13.8. The second-order valence-corrected chi connectivity index (χ2v) is 10.7. The molecule has 1 aliphatic heterocycles. The lowest BCUT2D eigenvalue weighted by Crippen LogP contribution is -2.57. The van der Waals surface area contributed by atoms with Gasteiger partial charge in [-0.15, -0.1) is 0 Å². The zero-order valence-corrected chi connectivity index (χ0v) is 21.0. The van der Waals surface area contributed by atoms with Gasteiger partial charge in [0.2, 0.25) is 15.9 Å². The quantitative estimate of drug-likeness (QED) is 0.298. The molecule has 1 N–H and O–H groups in total. The number of benzene rings is 1. The summed E-state index contributed by atoms with van der Waals surface area (Å²) in [5.41, 5.74) is 0.942. The molecule has 0 aromatic heterocycles. The maximum Gasteiger partial charge on any atom is 0.307 e. The summed E-state index contributed by atoms with van der Waals surface area (Å²) in [7, 11) is -3.89. The van der Waals surface area contributed by atoms with Gasteiger partial charge in [0.15, 0.2) is 0 Å². The Balaban J connectivity index is 1.75. The zero-order valence-electron chi connectivity index (χ0n) is 20.2. The summed E-state index contributed by atoms with van der Waals surface area (Å²) in [5, 5.41) is 2.66. The Hall–Kier alpha value is -1.93. The molecule has 1 fully saturated rings. The molecule has 0 spiro atoms. The van der Waals surface area contributed by atoms with Gasteiger partial charge < -0.3 is 10.1 Å². The predicted molar refractivity (Wildman–Crippen MR) is 129 cm³/mol. The van der Waals surface area contributed by atoms with E-state index >= 15 is 0 Å². The predicted octanol–water partition coefficient (Wildman–Crippen LogP) is 4.34. The molecule has 0 aliphatic carbocycles. The van der Waals surface area contributed by atoms with Gasteiger partial charge in [0.1, 0.15) is 6.04 Å². The first-order valence-electron chi connectivity index (χ1n) is 12.4. The average molecular weight is 481 g/mol. The van der Waals surface area contributed by atoms with Crippen molar-refractivity contribution in [2.75, 3.05) is 19.7 Å². The summed E-state index contributed by atoms with van der Waals surface area (Å²) in [4.78, 5) is 24.9. The number of sulfonamides is 1. The number of piperazine rings is 1. The number of carbonyl (C=O) groups excluding carboxylic acids is 2. The molecule has 1 aromatic carbocycles. The summed E-state index contributed by atoms with van der Waals surface area (Å²) >= 11 is 0. The highest BCUT2D eigenvalue weighted by Gasteiger charge is 2.39. The van der Waals surface area contributed by atoms with E-state index in [0.717, 1.165) is 29.1 Å². The smallest absolute Gasteiger partial charge is 0.307 e. The Morgan fingerprint density at radius 1 is 1.00 bits per heavy atom. The number of aryl methyl sites for hydroxylation is 1. The van der Waals surface area contributed by atoms with Crippen molar-refractivity contribution in [2.45, 2.75) is 95.4 Å². The van der Waals surface area contributed by atoms with Crippen LogP contribution < -0.4 is 5.32 Å². The maximum atomic E-state index is 13.1. The van der Waals surface area contributed by atoms with Crippen molar-refractivity contribution in [2.24, 2.45) is 0 Å². The highest BCUT2D eigenvalue weighted by Crippen LogP contribution is 2.22. The van der Waals surface area contributed by atoms with Gasteiger partial charge in [-0.3, -0.25) is 9.59 Å². The van der Waals surface area contributed by atoms with Crippen molar-refractivity contribution in [1.82, 2.24) is 9.62 Å². The number of nitrogens with one attached hydrogen (secondary N) is 1. The van der Waals surface area contributed by atoms with Gasteiger partial charge in [0.25, 0.3) is 0 Å². The van der Waals surface area contributed by atoms with Crippen molar-refractivity contribution >= 4 is 21.9 Å². The second-order valence-electron chi connectivity index (χ2n) is 8.84. The molecule has 0 bridgehead atoms. The SMILES string of the molecule is CCCCCCCCCCCCOC(=O)CC1C(=O)NCCN1S(=O)(=O)c1ccc(C)cc1. The number of esters is 1. The van der Waals surface area contributed by atoms with Gasteiger partial charge in [-0.05, 0) is 25.5 Å². The largest absolute Gasteiger partial charge is 0.466 e. The number of hydrogen-bond donors (Lipinski definition) is 1. The second kappa shape index (κ2) is 14.4. The van der Waals surface area contributed by atoms with Crippen LogP contribution in [0.25, 0.3) is 0 Å². The third-order valence-corrected chi connectivity index (χ3v) is 7.95. The molecule has 186 valence electrons. The van der Waals surface area contributed by atoms with Crippen LogP contribution >= 0.6 is 0 Å². The Morgan fingerprint density at radius 3 is 2.18 bits per heavy atom. The molecule has 1 aromatic rings. The highest BCUT2D eigenvalue weighted by molar-refractivity contribution is 7.89. The van der Waals surface area contributed by atoms with E-state index in [0.29, 0.717) is 6.61 Å². The molecular weight excluding hydrogens is 440 g/mol. The van der Waals surface area contributed by atoms with Crippen LogP contribution in [0.4, 0.5) is 0 Å². The van der Waals surface area contributed by atoms with Crippen LogP contribution in [0.3, 0.4) is 0 Å². The van der Waals surface area contributed by atoms with Crippen molar-refractivity contribution in [3.63, 3.8) is 0 Å². The van der Waals surface area contributed by atoms with E-state index in [1.54, 1.807) is 12.1 Å². The van der Waals surface area contributed by atoms with E-state index in [1.807, 2.05) is 6.92 Å². The molecule has 1 heterocycles. The minimum atomic E-state index is -3.89. The average Bonchev–Trinajstić information content (AvgIpc) is 2.79. The van der Waals surface area contributed by atoms with Crippen LogP contribution in [0.1, 0.15) is 83.1 Å². The number of carbonyl (C=O) groups is 2.